The Balaban J connectivity index is 1.80. The lowest BCUT2D eigenvalue weighted by molar-refractivity contribution is 0.0948. The maximum atomic E-state index is 12.6. The highest BCUT2D eigenvalue weighted by Crippen LogP contribution is 2.18. The van der Waals surface area contributed by atoms with E-state index in [2.05, 4.69) is 32.5 Å². The van der Waals surface area contributed by atoms with Crippen molar-refractivity contribution in [1.29, 1.82) is 0 Å². The minimum absolute atomic E-state index is 0.178. The molecule has 1 amide bonds. The van der Waals surface area contributed by atoms with Gasteiger partial charge in [-0.3, -0.25) is 9.78 Å². The fraction of sp³-hybridized carbons (Fsp3) is 0.273. The van der Waals surface area contributed by atoms with E-state index in [-0.39, 0.29) is 5.91 Å². The lowest BCUT2D eigenvalue weighted by atomic mass is 10.2. The number of anilines is 1. The summed E-state index contributed by atoms with van der Waals surface area (Å²) in [5.41, 5.74) is 2.32. The van der Waals surface area contributed by atoms with Crippen molar-refractivity contribution in [2.45, 2.75) is 32.7 Å². The molecule has 0 unspecified atom stereocenters. The van der Waals surface area contributed by atoms with Gasteiger partial charge in [0.15, 0.2) is 5.82 Å². The quantitative estimate of drug-likeness (QED) is 0.551. The standard InChI is InChI=1S/C22H25N5O/c1-2-3-7-12-24-22(28)19-15-20(25-16-17-10-13-23-14-11-17)27-21(26-19)18-8-5-4-6-9-18/h4-6,8-11,13-15H,2-3,7,12,16H2,1H3,(H,24,28)(H,25,26,27). The molecule has 2 N–H and O–H groups in total. The van der Waals surface area contributed by atoms with E-state index in [1.54, 1.807) is 18.5 Å². The van der Waals surface area contributed by atoms with Gasteiger partial charge in [-0.1, -0.05) is 50.1 Å². The van der Waals surface area contributed by atoms with Gasteiger partial charge in [0.2, 0.25) is 0 Å². The van der Waals surface area contributed by atoms with Crippen molar-refractivity contribution in [2.75, 3.05) is 11.9 Å². The monoisotopic (exact) mass is 375 g/mol. The number of nitrogens with one attached hydrogen (secondary N) is 2. The van der Waals surface area contributed by atoms with Crippen LogP contribution in [0.3, 0.4) is 0 Å². The van der Waals surface area contributed by atoms with E-state index in [0.717, 1.165) is 30.4 Å². The summed E-state index contributed by atoms with van der Waals surface area (Å²) in [6.45, 7) is 3.38. The van der Waals surface area contributed by atoms with Crippen molar-refractivity contribution in [2.24, 2.45) is 0 Å². The van der Waals surface area contributed by atoms with Gasteiger partial charge in [0.1, 0.15) is 11.5 Å². The molecule has 0 spiro atoms. The molecular formula is C22H25N5O. The van der Waals surface area contributed by atoms with Crippen LogP contribution in [0.4, 0.5) is 5.82 Å². The van der Waals surface area contributed by atoms with Gasteiger partial charge in [0.25, 0.3) is 5.91 Å². The van der Waals surface area contributed by atoms with Gasteiger partial charge >= 0.3 is 0 Å². The number of hydrogen-bond donors (Lipinski definition) is 2. The number of nitrogens with zero attached hydrogens (tertiary/aromatic N) is 3. The highest BCUT2D eigenvalue weighted by Gasteiger charge is 2.13. The predicted molar refractivity (Wildman–Crippen MR) is 111 cm³/mol. The third-order valence-corrected chi connectivity index (χ3v) is 4.28. The molecule has 1 aromatic carbocycles. The van der Waals surface area contributed by atoms with E-state index in [1.165, 1.54) is 0 Å². The molecule has 0 fully saturated rings. The average molecular weight is 375 g/mol. The van der Waals surface area contributed by atoms with Crippen LogP contribution >= 0.6 is 0 Å². The molecule has 0 saturated carbocycles. The smallest absolute Gasteiger partial charge is 0.270 e. The molecule has 6 nitrogen and oxygen atoms in total. The minimum atomic E-state index is -0.178. The normalized spacial score (nSPS) is 10.5. The maximum Gasteiger partial charge on any atom is 0.270 e. The molecule has 2 aromatic heterocycles. The molecule has 144 valence electrons. The van der Waals surface area contributed by atoms with Gasteiger partial charge in [-0.15, -0.1) is 0 Å². The molecule has 0 aliphatic rings. The van der Waals surface area contributed by atoms with E-state index in [1.807, 2.05) is 42.5 Å². The second kappa shape index (κ2) is 10.2. The summed E-state index contributed by atoms with van der Waals surface area (Å²) in [5.74, 6) is 0.964. The Labute approximate surface area is 165 Å². The first-order valence-corrected chi connectivity index (χ1v) is 9.61. The molecule has 2 heterocycles. The summed E-state index contributed by atoms with van der Waals surface area (Å²) in [7, 11) is 0. The first kappa shape index (κ1) is 19.5. The number of unbranched alkanes of at least 4 members (excludes halogenated alkanes) is 2. The largest absolute Gasteiger partial charge is 0.366 e. The van der Waals surface area contributed by atoms with Crippen molar-refractivity contribution in [1.82, 2.24) is 20.3 Å². The highest BCUT2D eigenvalue weighted by atomic mass is 16.1. The zero-order chi connectivity index (χ0) is 19.6. The van der Waals surface area contributed by atoms with E-state index in [9.17, 15) is 4.79 Å². The van der Waals surface area contributed by atoms with Gasteiger partial charge in [-0.2, -0.15) is 0 Å². The topological polar surface area (TPSA) is 79.8 Å². The number of benzene rings is 1. The molecule has 0 atom stereocenters. The molecule has 28 heavy (non-hydrogen) atoms. The molecule has 0 aliphatic carbocycles. The average Bonchev–Trinajstić information content (AvgIpc) is 2.76. The molecular weight excluding hydrogens is 350 g/mol. The van der Waals surface area contributed by atoms with Crippen LogP contribution in [0.15, 0.2) is 60.9 Å². The number of amides is 1. The van der Waals surface area contributed by atoms with Crippen molar-refractivity contribution in [3.63, 3.8) is 0 Å². The Morgan fingerprint density at radius 2 is 1.79 bits per heavy atom. The summed E-state index contributed by atoms with van der Waals surface area (Å²) < 4.78 is 0. The lowest BCUT2D eigenvalue weighted by Gasteiger charge is -2.11. The van der Waals surface area contributed by atoms with Gasteiger partial charge in [0.05, 0.1) is 0 Å². The summed E-state index contributed by atoms with van der Waals surface area (Å²) >= 11 is 0. The summed E-state index contributed by atoms with van der Waals surface area (Å²) in [4.78, 5) is 25.7. The molecule has 0 bridgehead atoms. The van der Waals surface area contributed by atoms with Gasteiger partial charge in [0, 0.05) is 37.1 Å². The van der Waals surface area contributed by atoms with Gasteiger partial charge in [-0.05, 0) is 24.1 Å². The third kappa shape index (κ3) is 5.61. The van der Waals surface area contributed by atoms with Crippen LogP contribution in [0.25, 0.3) is 11.4 Å². The number of rotatable bonds is 9. The second-order valence-electron chi connectivity index (χ2n) is 6.50. The summed E-state index contributed by atoms with van der Waals surface area (Å²) in [6.07, 6.45) is 6.68. The van der Waals surface area contributed by atoms with Crippen molar-refractivity contribution in [3.05, 3.63) is 72.2 Å². The van der Waals surface area contributed by atoms with Crippen molar-refractivity contribution >= 4 is 11.7 Å². The van der Waals surface area contributed by atoms with Crippen LogP contribution in [-0.4, -0.2) is 27.4 Å². The van der Waals surface area contributed by atoms with Crippen LogP contribution in [0.2, 0.25) is 0 Å². The Bertz CT molecular complexity index is 884. The maximum absolute atomic E-state index is 12.6. The predicted octanol–water partition coefficient (Wildman–Crippen LogP) is 4.07. The molecule has 0 aliphatic heterocycles. The number of pyridine rings is 1. The molecule has 0 saturated heterocycles. The van der Waals surface area contributed by atoms with Crippen molar-refractivity contribution < 1.29 is 4.79 Å². The summed E-state index contributed by atoms with van der Waals surface area (Å²) in [6, 6.07) is 15.2. The first-order chi connectivity index (χ1) is 13.8. The zero-order valence-corrected chi connectivity index (χ0v) is 16.1. The van der Waals surface area contributed by atoms with Gasteiger partial charge in [-0.25, -0.2) is 9.97 Å². The number of hydrogen-bond acceptors (Lipinski definition) is 5. The Morgan fingerprint density at radius 3 is 2.54 bits per heavy atom. The van der Waals surface area contributed by atoms with E-state index < -0.39 is 0 Å². The van der Waals surface area contributed by atoms with E-state index in [4.69, 9.17) is 0 Å². The number of carbonyl (C=O) groups is 1. The molecule has 3 aromatic rings. The van der Waals surface area contributed by atoms with E-state index >= 15 is 0 Å². The highest BCUT2D eigenvalue weighted by molar-refractivity contribution is 5.93. The number of carbonyl (C=O) groups excluding carboxylic acids is 1. The molecule has 3 rings (SSSR count). The van der Waals surface area contributed by atoms with Crippen LogP contribution in [0.1, 0.15) is 42.2 Å². The van der Waals surface area contributed by atoms with Crippen LogP contribution in [0.5, 0.6) is 0 Å². The fourth-order valence-corrected chi connectivity index (χ4v) is 2.73. The van der Waals surface area contributed by atoms with Crippen LogP contribution in [0, 0.1) is 0 Å². The Morgan fingerprint density at radius 1 is 1.00 bits per heavy atom. The van der Waals surface area contributed by atoms with Crippen LogP contribution in [-0.2, 0) is 6.54 Å². The Hall–Kier alpha value is -3.28. The van der Waals surface area contributed by atoms with Crippen molar-refractivity contribution in [3.8, 4) is 11.4 Å². The molecule has 6 heteroatoms. The van der Waals surface area contributed by atoms with Crippen LogP contribution < -0.4 is 10.6 Å². The lowest BCUT2D eigenvalue weighted by Crippen LogP contribution is -2.26. The Kier molecular flexibility index (Phi) is 7.07. The number of aromatic nitrogens is 3. The first-order valence-electron chi connectivity index (χ1n) is 9.61. The second-order valence-corrected chi connectivity index (χ2v) is 6.50. The third-order valence-electron chi connectivity index (χ3n) is 4.28. The summed E-state index contributed by atoms with van der Waals surface area (Å²) in [5, 5.41) is 6.23. The fourth-order valence-electron chi connectivity index (χ4n) is 2.73. The van der Waals surface area contributed by atoms with Gasteiger partial charge < -0.3 is 10.6 Å². The molecule has 0 radical (unpaired) electrons. The SMILES string of the molecule is CCCCCNC(=O)c1cc(NCc2ccncc2)nc(-c2ccccc2)n1. The minimum Gasteiger partial charge on any atom is -0.366 e. The zero-order valence-electron chi connectivity index (χ0n) is 16.1. The van der Waals surface area contributed by atoms with E-state index in [0.29, 0.717) is 30.4 Å².